The van der Waals surface area contributed by atoms with Crippen molar-refractivity contribution in [2.75, 3.05) is 25.9 Å². The van der Waals surface area contributed by atoms with Crippen molar-refractivity contribution in [2.45, 2.75) is 53.4 Å². The molecule has 2 aromatic carbocycles. The zero-order chi connectivity index (χ0) is 22.5. The molecule has 5 N–H and O–H groups in total. The van der Waals surface area contributed by atoms with E-state index >= 15 is 0 Å². The van der Waals surface area contributed by atoms with Crippen LogP contribution in [0.25, 0.3) is 5.57 Å². The molecule has 0 spiro atoms. The van der Waals surface area contributed by atoms with Crippen molar-refractivity contribution in [1.82, 2.24) is 4.90 Å². The highest BCUT2D eigenvalue weighted by Crippen LogP contribution is 2.32. The number of nitrogens with one attached hydrogen (secondary N) is 1. The molecule has 0 saturated carbocycles. The second-order valence-corrected chi connectivity index (χ2v) is 7.20. The van der Waals surface area contributed by atoms with Crippen LogP contribution in [0.15, 0.2) is 54.1 Å². The van der Waals surface area contributed by atoms with Crippen LogP contribution in [0, 0.1) is 5.41 Å². The molecule has 164 valence electrons. The molecular formula is C26H40N4. The third-order valence-electron chi connectivity index (χ3n) is 5.16. The summed E-state index contributed by atoms with van der Waals surface area (Å²) in [5.74, 6) is 0.591. The quantitative estimate of drug-likeness (QED) is 0.274. The Hall–Kier alpha value is -2.59. The van der Waals surface area contributed by atoms with E-state index in [2.05, 4.69) is 74.7 Å². The number of hydrogen-bond acceptors (Lipinski definition) is 3. The van der Waals surface area contributed by atoms with Crippen molar-refractivity contribution in [2.24, 2.45) is 5.73 Å². The Balaban J connectivity index is 0.00000218. The van der Waals surface area contributed by atoms with Crippen molar-refractivity contribution in [3.05, 3.63) is 70.8 Å². The van der Waals surface area contributed by atoms with E-state index in [4.69, 9.17) is 11.1 Å². The van der Waals surface area contributed by atoms with E-state index in [1.807, 2.05) is 12.1 Å². The molecule has 0 aliphatic carbocycles. The van der Waals surface area contributed by atoms with Gasteiger partial charge in [-0.15, -0.1) is 0 Å². The maximum atomic E-state index is 8.47. The average molecular weight is 409 g/mol. The van der Waals surface area contributed by atoms with Gasteiger partial charge in [0.15, 0.2) is 0 Å². The first-order chi connectivity index (χ1) is 14.5. The minimum atomic E-state index is 0.591. The Morgan fingerprint density at radius 1 is 0.800 bits per heavy atom. The van der Waals surface area contributed by atoms with Crippen molar-refractivity contribution >= 4 is 17.1 Å². The van der Waals surface area contributed by atoms with Crippen molar-refractivity contribution in [1.29, 1.82) is 5.41 Å². The summed E-state index contributed by atoms with van der Waals surface area (Å²) >= 11 is 0. The largest absolute Gasteiger partial charge is 0.399 e. The number of nitrogens with zero attached hydrogens (tertiary/aromatic N) is 1. The van der Waals surface area contributed by atoms with Crippen LogP contribution in [0.5, 0.6) is 0 Å². The topological polar surface area (TPSA) is 79.1 Å². The fraction of sp³-hybridized carbons (Fsp3) is 0.423. The van der Waals surface area contributed by atoms with Gasteiger partial charge in [-0.05, 0) is 62.6 Å². The molecule has 0 amide bonds. The summed E-state index contributed by atoms with van der Waals surface area (Å²) in [5, 5.41) is 8.47. The van der Waals surface area contributed by atoms with Gasteiger partial charge in [-0.25, -0.2) is 0 Å². The summed E-state index contributed by atoms with van der Waals surface area (Å²) in [4.78, 5) is 2.07. The van der Waals surface area contributed by atoms with Crippen LogP contribution in [-0.2, 0) is 0 Å². The van der Waals surface area contributed by atoms with Gasteiger partial charge in [0, 0.05) is 24.3 Å². The summed E-state index contributed by atoms with van der Waals surface area (Å²) in [6.45, 7) is 10.4. The normalized spacial score (nSPS) is 10.1. The van der Waals surface area contributed by atoms with Gasteiger partial charge in [-0.2, -0.15) is 0 Å². The van der Waals surface area contributed by atoms with Crippen LogP contribution < -0.4 is 11.5 Å². The number of anilines is 1. The summed E-state index contributed by atoms with van der Waals surface area (Å²) in [5.41, 5.74) is 17.5. The van der Waals surface area contributed by atoms with E-state index in [9.17, 15) is 0 Å². The van der Waals surface area contributed by atoms with Crippen LogP contribution in [0.4, 0.5) is 5.69 Å². The van der Waals surface area contributed by atoms with E-state index in [0.717, 1.165) is 50.0 Å². The molecule has 0 heterocycles. The second kappa shape index (κ2) is 13.6. The van der Waals surface area contributed by atoms with Gasteiger partial charge < -0.3 is 16.4 Å². The zero-order valence-corrected chi connectivity index (χ0v) is 19.5. The van der Waals surface area contributed by atoms with Gasteiger partial charge in [0.1, 0.15) is 5.84 Å². The number of nitrogen functional groups attached to an aromatic ring is 1. The van der Waals surface area contributed by atoms with E-state index in [0.29, 0.717) is 5.84 Å². The predicted octanol–water partition coefficient (Wildman–Crippen LogP) is 5.91. The van der Waals surface area contributed by atoms with Crippen LogP contribution >= 0.6 is 0 Å². The molecule has 0 atom stereocenters. The summed E-state index contributed by atoms with van der Waals surface area (Å²) in [7, 11) is 1.50. The number of hydrogen-bond donors (Lipinski definition) is 3. The van der Waals surface area contributed by atoms with Gasteiger partial charge >= 0.3 is 0 Å². The molecule has 0 bridgehead atoms. The first kappa shape index (κ1) is 25.4. The lowest BCUT2D eigenvalue weighted by Crippen LogP contribution is -2.30. The first-order valence-corrected chi connectivity index (χ1v) is 11.2. The highest BCUT2D eigenvalue weighted by molar-refractivity contribution is 5.97. The maximum Gasteiger partial charge on any atom is 0.128 e. The number of amidine groups is 1. The molecule has 4 nitrogen and oxygen atoms in total. The lowest BCUT2D eigenvalue weighted by Gasteiger charge is -2.22. The second-order valence-electron chi connectivity index (χ2n) is 7.20. The van der Waals surface area contributed by atoms with Crippen LogP contribution in [0.1, 0.15) is 70.1 Å². The van der Waals surface area contributed by atoms with E-state index < -0.39 is 0 Å². The molecule has 0 fully saturated rings. The Labute approximate surface area is 183 Å². The van der Waals surface area contributed by atoms with Gasteiger partial charge in [-0.3, -0.25) is 5.41 Å². The van der Waals surface area contributed by atoms with Gasteiger partial charge in [0.05, 0.1) is 0 Å². The monoisotopic (exact) mass is 408 g/mol. The third-order valence-corrected chi connectivity index (χ3v) is 5.16. The van der Waals surface area contributed by atoms with E-state index in [1.54, 1.807) is 0 Å². The molecule has 0 aromatic heterocycles. The molecule has 4 heteroatoms. The standard InChI is InChI=1S/C25H35N3.CH5N/c1-5-10-19(11-6-2)24(22-12-9-13-23(26)18-22)20-14-16-21(17-15-20)25(27)28(7-3)8-4;1-2/h9,12-18,27H,5-8,10-11,26H2,1-4H3;2H2,1H3. The SMILES string of the molecule is CCCC(CCC)=C(c1ccc(C(=N)N(CC)CC)cc1)c1cccc(N)c1.CN. The van der Waals surface area contributed by atoms with Crippen LogP contribution in [-0.4, -0.2) is 30.9 Å². The lowest BCUT2D eigenvalue weighted by molar-refractivity contribution is 0.463. The summed E-state index contributed by atoms with van der Waals surface area (Å²) in [6, 6.07) is 16.7. The summed E-state index contributed by atoms with van der Waals surface area (Å²) in [6.07, 6.45) is 4.45. The minimum absolute atomic E-state index is 0.591. The van der Waals surface area contributed by atoms with Gasteiger partial charge in [0.2, 0.25) is 0 Å². The van der Waals surface area contributed by atoms with Gasteiger partial charge in [-0.1, -0.05) is 68.7 Å². The number of allylic oxidation sites excluding steroid dienone is 1. The Kier molecular flexibility index (Phi) is 11.5. The fourth-order valence-electron chi connectivity index (χ4n) is 3.76. The molecule has 0 saturated heterocycles. The van der Waals surface area contributed by atoms with Crippen molar-refractivity contribution in [3.63, 3.8) is 0 Å². The van der Waals surface area contributed by atoms with Crippen molar-refractivity contribution in [3.8, 4) is 0 Å². The molecular weight excluding hydrogens is 368 g/mol. The highest BCUT2D eigenvalue weighted by Gasteiger charge is 2.14. The Bertz CT molecular complexity index is 794. The molecule has 0 aliphatic heterocycles. The third kappa shape index (κ3) is 6.74. The average Bonchev–Trinajstić information content (AvgIpc) is 2.77. The number of rotatable bonds is 9. The molecule has 30 heavy (non-hydrogen) atoms. The number of nitrogens with two attached hydrogens (primary N) is 2. The Morgan fingerprint density at radius 2 is 1.33 bits per heavy atom. The molecule has 2 rings (SSSR count). The molecule has 0 unspecified atom stereocenters. The van der Waals surface area contributed by atoms with E-state index in [-0.39, 0.29) is 0 Å². The fourth-order valence-corrected chi connectivity index (χ4v) is 3.76. The Morgan fingerprint density at radius 3 is 1.80 bits per heavy atom. The zero-order valence-electron chi connectivity index (χ0n) is 19.5. The first-order valence-electron chi connectivity index (χ1n) is 11.2. The summed E-state index contributed by atoms with van der Waals surface area (Å²) < 4.78 is 0. The minimum Gasteiger partial charge on any atom is -0.399 e. The highest BCUT2D eigenvalue weighted by atomic mass is 15.2. The molecule has 2 aromatic rings. The van der Waals surface area contributed by atoms with Crippen LogP contribution in [0.2, 0.25) is 0 Å². The molecule has 0 aliphatic rings. The number of benzene rings is 2. The molecule has 0 radical (unpaired) electrons. The van der Waals surface area contributed by atoms with Crippen molar-refractivity contribution < 1.29 is 0 Å². The smallest absolute Gasteiger partial charge is 0.128 e. The van der Waals surface area contributed by atoms with Gasteiger partial charge in [0.25, 0.3) is 0 Å². The predicted molar refractivity (Wildman–Crippen MR) is 133 cm³/mol. The van der Waals surface area contributed by atoms with E-state index in [1.165, 1.54) is 29.3 Å². The maximum absolute atomic E-state index is 8.47. The van der Waals surface area contributed by atoms with Crippen LogP contribution in [0.3, 0.4) is 0 Å². The lowest BCUT2D eigenvalue weighted by atomic mass is 9.88.